The van der Waals surface area contributed by atoms with Gasteiger partial charge in [-0.15, -0.1) is 0 Å². The van der Waals surface area contributed by atoms with Gasteiger partial charge in [-0.05, 0) is 54.4 Å². The minimum atomic E-state index is -0.617. The van der Waals surface area contributed by atoms with Crippen LogP contribution in [0.2, 0.25) is 5.02 Å². The highest BCUT2D eigenvalue weighted by molar-refractivity contribution is 6.31. The largest absolute Gasteiger partial charge is 0.493 e. The van der Waals surface area contributed by atoms with Gasteiger partial charge in [0.05, 0.1) is 18.8 Å². The summed E-state index contributed by atoms with van der Waals surface area (Å²) in [4.78, 5) is 15.0. The lowest BCUT2D eigenvalue weighted by Crippen LogP contribution is -2.46. The molecule has 31 heavy (non-hydrogen) atoms. The molecule has 0 aromatic heterocycles. The van der Waals surface area contributed by atoms with Crippen LogP contribution in [0.3, 0.4) is 0 Å². The number of carbonyl (C=O) groups excluding carboxylic acids is 1. The molecular formula is C25H25ClN2O3. The maximum Gasteiger partial charge on any atom is 0.268 e. The van der Waals surface area contributed by atoms with E-state index in [-0.39, 0.29) is 5.91 Å². The second-order valence-corrected chi connectivity index (χ2v) is 7.82. The number of amides is 1. The Labute approximate surface area is 187 Å². The number of para-hydroxylation sites is 2. The van der Waals surface area contributed by atoms with Gasteiger partial charge in [0.2, 0.25) is 0 Å². The van der Waals surface area contributed by atoms with Gasteiger partial charge in [0.25, 0.3) is 5.91 Å². The van der Waals surface area contributed by atoms with Crippen molar-refractivity contribution in [3.63, 3.8) is 0 Å². The number of nitrogens with zero attached hydrogens (tertiary/aromatic N) is 1. The maximum absolute atomic E-state index is 13.3. The zero-order valence-electron chi connectivity index (χ0n) is 17.2. The molecule has 1 amide bonds. The number of benzene rings is 3. The van der Waals surface area contributed by atoms with Crippen LogP contribution in [-0.2, 0) is 17.8 Å². The van der Waals surface area contributed by atoms with Crippen molar-refractivity contribution in [1.29, 1.82) is 0 Å². The Morgan fingerprint density at radius 3 is 2.52 bits per heavy atom. The van der Waals surface area contributed by atoms with Crippen molar-refractivity contribution < 1.29 is 14.3 Å². The number of nitrogens with two attached hydrogens (primary N) is 1. The molecule has 2 N–H and O–H groups in total. The number of anilines is 1. The highest BCUT2D eigenvalue weighted by Crippen LogP contribution is 2.36. The van der Waals surface area contributed by atoms with Gasteiger partial charge in [-0.3, -0.25) is 4.79 Å². The quantitative estimate of drug-likeness (QED) is 0.560. The average molecular weight is 437 g/mol. The van der Waals surface area contributed by atoms with E-state index in [9.17, 15) is 4.79 Å². The van der Waals surface area contributed by atoms with Gasteiger partial charge >= 0.3 is 0 Å². The molecule has 0 aliphatic carbocycles. The molecule has 0 fully saturated rings. The number of carbonyl (C=O) groups is 1. The number of fused-ring (bicyclic) bond motifs is 1. The van der Waals surface area contributed by atoms with Crippen LogP contribution in [0.4, 0.5) is 5.69 Å². The molecule has 0 saturated carbocycles. The standard InChI is InChI=1S/C25H25ClN2O3/c26-21-6-2-1-5-19(21)17-28-22-7-3-4-8-23(22)31-24(25(28)29)14-16-30-20-11-9-18(10-12-20)13-15-27/h1-12,24H,13-17,27H2. The molecule has 4 rings (SSSR count). The number of hydrogen-bond acceptors (Lipinski definition) is 4. The topological polar surface area (TPSA) is 64.8 Å². The van der Waals surface area contributed by atoms with Gasteiger partial charge in [-0.25, -0.2) is 0 Å². The van der Waals surface area contributed by atoms with Crippen molar-refractivity contribution in [1.82, 2.24) is 0 Å². The van der Waals surface area contributed by atoms with Crippen LogP contribution in [-0.4, -0.2) is 25.2 Å². The smallest absolute Gasteiger partial charge is 0.268 e. The van der Waals surface area contributed by atoms with Crippen molar-refractivity contribution in [2.75, 3.05) is 18.1 Å². The highest BCUT2D eigenvalue weighted by Gasteiger charge is 2.34. The van der Waals surface area contributed by atoms with E-state index in [2.05, 4.69) is 0 Å². The fourth-order valence-corrected chi connectivity index (χ4v) is 3.82. The number of hydrogen-bond donors (Lipinski definition) is 1. The molecule has 1 unspecified atom stereocenters. The Kier molecular flexibility index (Phi) is 6.75. The van der Waals surface area contributed by atoms with Crippen molar-refractivity contribution >= 4 is 23.2 Å². The summed E-state index contributed by atoms with van der Waals surface area (Å²) < 4.78 is 11.9. The molecule has 1 atom stereocenters. The minimum Gasteiger partial charge on any atom is -0.493 e. The maximum atomic E-state index is 13.3. The zero-order valence-corrected chi connectivity index (χ0v) is 17.9. The van der Waals surface area contributed by atoms with Gasteiger partial charge in [-0.1, -0.05) is 54.1 Å². The molecule has 0 spiro atoms. The molecule has 1 heterocycles. The molecular weight excluding hydrogens is 412 g/mol. The van der Waals surface area contributed by atoms with Crippen LogP contribution in [0.15, 0.2) is 72.8 Å². The first-order valence-electron chi connectivity index (χ1n) is 10.4. The van der Waals surface area contributed by atoms with Gasteiger partial charge < -0.3 is 20.1 Å². The normalized spacial score (nSPS) is 15.4. The second kappa shape index (κ2) is 9.86. The summed E-state index contributed by atoms with van der Waals surface area (Å²) in [5.74, 6) is 1.35. The monoisotopic (exact) mass is 436 g/mol. The fraction of sp³-hybridized carbons (Fsp3) is 0.240. The fourth-order valence-electron chi connectivity index (χ4n) is 3.62. The lowest BCUT2D eigenvalue weighted by Gasteiger charge is -2.34. The number of halogens is 1. The Morgan fingerprint density at radius 1 is 1.00 bits per heavy atom. The summed E-state index contributed by atoms with van der Waals surface area (Å²) in [6.45, 7) is 1.38. The number of ether oxygens (including phenoxy) is 2. The first-order valence-corrected chi connectivity index (χ1v) is 10.8. The molecule has 6 heteroatoms. The Bertz CT molecular complexity index is 1040. The SMILES string of the molecule is NCCc1ccc(OCCC2Oc3ccccc3N(Cc3ccccc3Cl)C2=O)cc1. The van der Waals surface area contributed by atoms with Crippen LogP contribution in [0, 0.1) is 0 Å². The summed E-state index contributed by atoms with van der Waals surface area (Å²) in [5, 5.41) is 0.636. The lowest BCUT2D eigenvalue weighted by molar-refractivity contribution is -0.127. The molecule has 160 valence electrons. The molecule has 1 aliphatic heterocycles. The van der Waals surface area contributed by atoms with E-state index in [1.54, 1.807) is 4.90 Å². The molecule has 0 radical (unpaired) electrons. The molecule has 0 bridgehead atoms. The van der Waals surface area contributed by atoms with Crippen molar-refractivity contribution in [2.45, 2.75) is 25.5 Å². The van der Waals surface area contributed by atoms with Crippen LogP contribution >= 0.6 is 11.6 Å². The molecule has 5 nitrogen and oxygen atoms in total. The van der Waals surface area contributed by atoms with Crippen LogP contribution in [0.25, 0.3) is 0 Å². The average Bonchev–Trinajstić information content (AvgIpc) is 2.79. The Morgan fingerprint density at radius 2 is 1.74 bits per heavy atom. The third kappa shape index (κ3) is 5.01. The van der Waals surface area contributed by atoms with Gasteiger partial charge in [-0.2, -0.15) is 0 Å². The van der Waals surface area contributed by atoms with E-state index < -0.39 is 6.10 Å². The summed E-state index contributed by atoms with van der Waals surface area (Å²) in [7, 11) is 0. The van der Waals surface area contributed by atoms with Crippen LogP contribution < -0.4 is 20.1 Å². The van der Waals surface area contributed by atoms with E-state index in [0.717, 1.165) is 23.4 Å². The molecule has 3 aromatic carbocycles. The van der Waals surface area contributed by atoms with E-state index >= 15 is 0 Å². The summed E-state index contributed by atoms with van der Waals surface area (Å²) in [6, 6.07) is 23.0. The zero-order chi connectivity index (χ0) is 21.6. The third-order valence-electron chi connectivity index (χ3n) is 5.26. The van der Waals surface area contributed by atoms with Gasteiger partial charge in [0, 0.05) is 11.4 Å². The lowest BCUT2D eigenvalue weighted by atomic mass is 10.1. The Balaban J connectivity index is 1.45. The van der Waals surface area contributed by atoms with E-state index in [1.807, 2.05) is 72.8 Å². The minimum absolute atomic E-state index is 0.0967. The van der Waals surface area contributed by atoms with Gasteiger partial charge in [0.15, 0.2) is 6.10 Å². The van der Waals surface area contributed by atoms with E-state index in [1.165, 1.54) is 5.56 Å². The van der Waals surface area contributed by atoms with E-state index in [4.69, 9.17) is 26.8 Å². The van der Waals surface area contributed by atoms with Gasteiger partial charge in [0.1, 0.15) is 11.5 Å². The van der Waals surface area contributed by atoms with Crippen LogP contribution in [0.5, 0.6) is 11.5 Å². The Hall–Kier alpha value is -3.02. The van der Waals surface area contributed by atoms with Crippen molar-refractivity contribution in [2.24, 2.45) is 5.73 Å². The predicted molar refractivity (Wildman–Crippen MR) is 123 cm³/mol. The predicted octanol–water partition coefficient (Wildman–Crippen LogP) is 4.60. The highest BCUT2D eigenvalue weighted by atomic mass is 35.5. The second-order valence-electron chi connectivity index (χ2n) is 7.41. The molecule has 1 aliphatic rings. The van der Waals surface area contributed by atoms with E-state index in [0.29, 0.717) is 36.9 Å². The van der Waals surface area contributed by atoms with Crippen molar-refractivity contribution in [3.05, 3.63) is 88.9 Å². The molecule has 3 aromatic rings. The first kappa shape index (κ1) is 21.2. The van der Waals surface area contributed by atoms with Crippen LogP contribution in [0.1, 0.15) is 17.5 Å². The summed E-state index contributed by atoms with van der Waals surface area (Å²) >= 11 is 6.34. The summed E-state index contributed by atoms with van der Waals surface area (Å²) in [6.07, 6.45) is 0.663. The van der Waals surface area contributed by atoms with Crippen molar-refractivity contribution in [3.8, 4) is 11.5 Å². The number of rotatable bonds is 8. The first-order chi connectivity index (χ1) is 15.2. The third-order valence-corrected chi connectivity index (χ3v) is 5.63. The molecule has 0 saturated heterocycles. The summed E-state index contributed by atoms with van der Waals surface area (Å²) in [5.41, 5.74) is 8.40.